The zero-order valence-corrected chi connectivity index (χ0v) is 9.28. The minimum absolute atomic E-state index is 0.0364. The molecule has 1 amide bonds. The van der Waals surface area contributed by atoms with E-state index in [1.165, 1.54) is 5.56 Å². The van der Waals surface area contributed by atoms with Gasteiger partial charge in [-0.2, -0.15) is 0 Å². The lowest BCUT2D eigenvalue weighted by atomic mass is 10.00. The molecule has 1 saturated heterocycles. The maximum Gasteiger partial charge on any atom is 0.231 e. The number of anilines is 1. The number of hydrogen-bond acceptors (Lipinski definition) is 2. The van der Waals surface area contributed by atoms with Crippen LogP contribution in [0.25, 0.3) is 0 Å². The van der Waals surface area contributed by atoms with E-state index in [1.807, 2.05) is 23.1 Å². The molecular weight excluding hydrogens is 200 g/mol. The summed E-state index contributed by atoms with van der Waals surface area (Å²) in [6, 6.07) is 8.13. The van der Waals surface area contributed by atoms with Gasteiger partial charge in [0.1, 0.15) is 0 Å². The molecule has 1 aromatic carbocycles. The van der Waals surface area contributed by atoms with E-state index in [1.54, 1.807) is 0 Å². The summed E-state index contributed by atoms with van der Waals surface area (Å²) in [6.45, 7) is 2.64. The van der Waals surface area contributed by atoms with Crippen molar-refractivity contribution < 1.29 is 4.79 Å². The number of likely N-dealkylation sites (tertiary alicyclic amines) is 1. The van der Waals surface area contributed by atoms with Gasteiger partial charge in [0.2, 0.25) is 5.91 Å². The van der Waals surface area contributed by atoms with Gasteiger partial charge in [-0.1, -0.05) is 18.2 Å². The molecule has 0 bridgehead atoms. The molecule has 1 N–H and O–H groups in total. The molecule has 0 radical (unpaired) electrons. The van der Waals surface area contributed by atoms with Crippen molar-refractivity contribution in [3.05, 3.63) is 29.8 Å². The highest BCUT2D eigenvalue weighted by Crippen LogP contribution is 2.32. The van der Waals surface area contributed by atoms with Gasteiger partial charge in [-0.15, -0.1) is 0 Å². The first kappa shape index (κ1) is 9.70. The fourth-order valence-corrected chi connectivity index (χ4v) is 2.66. The van der Waals surface area contributed by atoms with Crippen molar-refractivity contribution in [2.75, 3.05) is 25.0 Å². The number of para-hydroxylation sites is 1. The largest absolute Gasteiger partial charge is 0.384 e. The van der Waals surface area contributed by atoms with Crippen molar-refractivity contribution in [3.63, 3.8) is 0 Å². The Hall–Kier alpha value is -1.51. The summed E-state index contributed by atoms with van der Waals surface area (Å²) in [5.74, 6) is 0.337. The molecule has 3 heteroatoms. The van der Waals surface area contributed by atoms with Gasteiger partial charge >= 0.3 is 0 Å². The van der Waals surface area contributed by atoms with E-state index in [-0.39, 0.29) is 5.92 Å². The molecule has 0 aromatic heterocycles. The van der Waals surface area contributed by atoms with Gasteiger partial charge in [-0.3, -0.25) is 4.79 Å². The van der Waals surface area contributed by atoms with E-state index in [9.17, 15) is 4.79 Å². The predicted octanol–water partition coefficient (Wildman–Crippen LogP) is 1.82. The summed E-state index contributed by atoms with van der Waals surface area (Å²) < 4.78 is 0. The Morgan fingerprint density at radius 3 is 2.81 bits per heavy atom. The average Bonchev–Trinajstić information content (AvgIpc) is 2.98. The van der Waals surface area contributed by atoms with Crippen LogP contribution in [0, 0.1) is 0 Å². The molecule has 84 valence electrons. The molecule has 0 aliphatic carbocycles. The van der Waals surface area contributed by atoms with E-state index in [4.69, 9.17) is 0 Å². The number of carbonyl (C=O) groups is 1. The molecular formula is C13H16N2O. The van der Waals surface area contributed by atoms with Crippen LogP contribution in [0.15, 0.2) is 24.3 Å². The summed E-state index contributed by atoms with van der Waals surface area (Å²) in [5, 5.41) is 3.31. The number of carbonyl (C=O) groups excluding carboxylic acids is 1. The highest BCUT2D eigenvalue weighted by atomic mass is 16.2. The van der Waals surface area contributed by atoms with Crippen LogP contribution in [0.1, 0.15) is 24.3 Å². The molecule has 0 saturated carbocycles. The SMILES string of the molecule is O=C(C1CNc2ccccc21)N1CCCC1. The van der Waals surface area contributed by atoms with Gasteiger partial charge in [-0.25, -0.2) is 0 Å². The molecule has 3 rings (SSSR count). The second kappa shape index (κ2) is 3.81. The van der Waals surface area contributed by atoms with Gasteiger partial charge in [-0.05, 0) is 24.5 Å². The predicted molar refractivity (Wildman–Crippen MR) is 63.5 cm³/mol. The molecule has 1 unspecified atom stereocenters. The molecule has 16 heavy (non-hydrogen) atoms. The van der Waals surface area contributed by atoms with Gasteiger partial charge in [0.05, 0.1) is 5.92 Å². The van der Waals surface area contributed by atoms with Crippen LogP contribution in [0.5, 0.6) is 0 Å². The van der Waals surface area contributed by atoms with Gasteiger partial charge in [0, 0.05) is 25.3 Å². The first-order valence-corrected chi connectivity index (χ1v) is 5.98. The van der Waals surface area contributed by atoms with Gasteiger partial charge in [0.25, 0.3) is 0 Å². The zero-order valence-electron chi connectivity index (χ0n) is 9.28. The number of fused-ring (bicyclic) bond motifs is 1. The molecule has 1 aromatic rings. The minimum atomic E-state index is 0.0364. The number of amides is 1. The number of hydrogen-bond donors (Lipinski definition) is 1. The molecule has 1 atom stereocenters. The number of nitrogens with zero attached hydrogens (tertiary/aromatic N) is 1. The highest BCUT2D eigenvalue weighted by molar-refractivity contribution is 5.88. The van der Waals surface area contributed by atoms with E-state index in [2.05, 4.69) is 11.4 Å². The summed E-state index contributed by atoms with van der Waals surface area (Å²) in [7, 11) is 0. The fraction of sp³-hybridized carbons (Fsp3) is 0.462. The van der Waals surface area contributed by atoms with Crippen LogP contribution in [0.3, 0.4) is 0 Å². The maximum atomic E-state index is 12.3. The quantitative estimate of drug-likeness (QED) is 0.776. The lowest BCUT2D eigenvalue weighted by Gasteiger charge is -2.19. The van der Waals surface area contributed by atoms with Crippen molar-refractivity contribution in [2.24, 2.45) is 0 Å². The maximum absolute atomic E-state index is 12.3. The van der Waals surface area contributed by atoms with Crippen molar-refractivity contribution >= 4 is 11.6 Å². The third kappa shape index (κ3) is 1.47. The van der Waals surface area contributed by atoms with Crippen molar-refractivity contribution in [3.8, 4) is 0 Å². The summed E-state index contributed by atoms with van der Waals surface area (Å²) in [6.07, 6.45) is 2.32. The van der Waals surface area contributed by atoms with Crippen molar-refractivity contribution in [2.45, 2.75) is 18.8 Å². The molecule has 3 nitrogen and oxygen atoms in total. The lowest BCUT2D eigenvalue weighted by molar-refractivity contribution is -0.131. The Morgan fingerprint density at radius 2 is 2.00 bits per heavy atom. The highest BCUT2D eigenvalue weighted by Gasteiger charge is 2.32. The van der Waals surface area contributed by atoms with Crippen LogP contribution in [0.2, 0.25) is 0 Å². The van der Waals surface area contributed by atoms with Crippen LogP contribution in [-0.2, 0) is 4.79 Å². The van der Waals surface area contributed by atoms with Gasteiger partial charge in [0.15, 0.2) is 0 Å². The molecule has 1 fully saturated rings. The minimum Gasteiger partial charge on any atom is -0.384 e. The Kier molecular flexibility index (Phi) is 2.31. The van der Waals surface area contributed by atoms with Crippen molar-refractivity contribution in [1.29, 1.82) is 0 Å². The third-order valence-corrected chi connectivity index (χ3v) is 3.55. The topological polar surface area (TPSA) is 32.3 Å². The van der Waals surface area contributed by atoms with Crippen molar-refractivity contribution in [1.82, 2.24) is 4.90 Å². The summed E-state index contributed by atoms with van der Waals surface area (Å²) >= 11 is 0. The monoisotopic (exact) mass is 216 g/mol. The zero-order chi connectivity index (χ0) is 11.0. The van der Waals surface area contributed by atoms with E-state index >= 15 is 0 Å². The Labute approximate surface area is 95.4 Å². The van der Waals surface area contributed by atoms with E-state index in [0.29, 0.717) is 5.91 Å². The molecule has 2 heterocycles. The molecule has 2 aliphatic heterocycles. The first-order valence-electron chi connectivity index (χ1n) is 5.98. The van der Waals surface area contributed by atoms with Crippen LogP contribution in [-0.4, -0.2) is 30.4 Å². The second-order valence-electron chi connectivity index (χ2n) is 4.55. The Bertz CT molecular complexity index is 410. The fourth-order valence-electron chi connectivity index (χ4n) is 2.66. The number of benzene rings is 1. The van der Waals surface area contributed by atoms with Gasteiger partial charge < -0.3 is 10.2 Å². The number of nitrogens with one attached hydrogen (secondary N) is 1. The summed E-state index contributed by atoms with van der Waals surface area (Å²) in [4.78, 5) is 14.3. The number of rotatable bonds is 1. The second-order valence-corrected chi connectivity index (χ2v) is 4.55. The molecule has 0 spiro atoms. The molecule has 2 aliphatic rings. The van der Waals surface area contributed by atoms with E-state index < -0.39 is 0 Å². The van der Waals surface area contributed by atoms with Crippen LogP contribution in [0.4, 0.5) is 5.69 Å². The average molecular weight is 216 g/mol. The Morgan fingerprint density at radius 1 is 1.25 bits per heavy atom. The summed E-state index contributed by atoms with van der Waals surface area (Å²) in [5.41, 5.74) is 2.29. The smallest absolute Gasteiger partial charge is 0.231 e. The third-order valence-electron chi connectivity index (χ3n) is 3.55. The Balaban J connectivity index is 1.84. The lowest BCUT2D eigenvalue weighted by Crippen LogP contribution is -2.33. The normalized spacial score (nSPS) is 23.0. The van der Waals surface area contributed by atoms with Crippen LogP contribution >= 0.6 is 0 Å². The first-order chi connectivity index (χ1) is 7.86. The standard InChI is InChI=1S/C13H16N2O/c16-13(15-7-3-4-8-15)11-9-14-12-6-2-1-5-10(11)12/h1-2,5-6,11,14H,3-4,7-9H2. The van der Waals surface area contributed by atoms with E-state index in [0.717, 1.165) is 38.2 Å². The van der Waals surface area contributed by atoms with Crippen LogP contribution < -0.4 is 5.32 Å².